The minimum absolute atomic E-state index is 0.240. The number of rotatable bonds is 4. The molecular weight excluding hydrogens is 263 g/mol. The third kappa shape index (κ3) is 3.04. The van der Waals surface area contributed by atoms with Crippen LogP contribution in [0.15, 0.2) is 42.6 Å². The second-order valence-corrected chi connectivity index (χ2v) is 5.32. The van der Waals surface area contributed by atoms with Crippen LogP contribution in [0.4, 0.5) is 10.1 Å². The molecule has 1 unspecified atom stereocenters. The highest BCUT2D eigenvalue weighted by molar-refractivity contribution is 6.30. The van der Waals surface area contributed by atoms with Crippen molar-refractivity contribution < 1.29 is 4.39 Å². The van der Waals surface area contributed by atoms with Crippen molar-refractivity contribution in [3.8, 4) is 0 Å². The summed E-state index contributed by atoms with van der Waals surface area (Å²) in [7, 11) is 0. The molecule has 1 N–H and O–H groups in total. The van der Waals surface area contributed by atoms with E-state index in [4.69, 9.17) is 11.6 Å². The molecule has 0 amide bonds. The van der Waals surface area contributed by atoms with E-state index in [9.17, 15) is 4.39 Å². The van der Waals surface area contributed by atoms with Gasteiger partial charge in [0.25, 0.3) is 0 Å². The van der Waals surface area contributed by atoms with Gasteiger partial charge in [0.1, 0.15) is 0 Å². The quantitative estimate of drug-likeness (QED) is 0.835. The van der Waals surface area contributed by atoms with E-state index in [0.29, 0.717) is 5.92 Å². The lowest BCUT2D eigenvalue weighted by Gasteiger charge is -2.20. The van der Waals surface area contributed by atoms with Crippen LogP contribution >= 0.6 is 11.6 Å². The standard InChI is InChI=1S/C15H14ClFN2/c16-12-5-3-11(4-6-12)15(10-1-2-10)19-13-7-8-14(17)18-9-13/h3-10,15,19H,1-2H2. The number of aromatic nitrogens is 1. The predicted molar refractivity (Wildman–Crippen MR) is 74.7 cm³/mol. The maximum absolute atomic E-state index is 12.8. The number of hydrogen-bond donors (Lipinski definition) is 1. The average molecular weight is 277 g/mol. The normalized spacial score (nSPS) is 16.1. The predicted octanol–water partition coefficient (Wildman–Crippen LogP) is 4.44. The smallest absolute Gasteiger partial charge is 0.212 e. The van der Waals surface area contributed by atoms with Gasteiger partial charge in [-0.3, -0.25) is 0 Å². The molecule has 3 rings (SSSR count). The van der Waals surface area contributed by atoms with E-state index in [2.05, 4.69) is 10.3 Å². The number of hydrogen-bond acceptors (Lipinski definition) is 2. The fourth-order valence-corrected chi connectivity index (χ4v) is 2.34. The number of anilines is 1. The van der Waals surface area contributed by atoms with Crippen molar-refractivity contribution in [1.29, 1.82) is 0 Å². The van der Waals surface area contributed by atoms with Crippen LogP contribution in [0.2, 0.25) is 5.02 Å². The van der Waals surface area contributed by atoms with Crippen molar-refractivity contribution in [2.75, 3.05) is 5.32 Å². The highest BCUT2D eigenvalue weighted by atomic mass is 35.5. The number of nitrogens with zero attached hydrogens (tertiary/aromatic N) is 1. The lowest BCUT2D eigenvalue weighted by atomic mass is 10.0. The minimum atomic E-state index is -0.458. The van der Waals surface area contributed by atoms with Crippen LogP contribution in [0.3, 0.4) is 0 Å². The monoisotopic (exact) mass is 276 g/mol. The molecule has 0 aliphatic heterocycles. The molecule has 1 fully saturated rings. The fraction of sp³-hybridized carbons (Fsp3) is 0.267. The lowest BCUT2D eigenvalue weighted by molar-refractivity contribution is 0.583. The summed E-state index contributed by atoms with van der Waals surface area (Å²) in [5, 5.41) is 4.17. The molecule has 1 atom stereocenters. The fourth-order valence-electron chi connectivity index (χ4n) is 2.21. The van der Waals surface area contributed by atoms with Gasteiger partial charge in [0, 0.05) is 5.02 Å². The topological polar surface area (TPSA) is 24.9 Å². The highest BCUT2D eigenvalue weighted by Gasteiger charge is 2.32. The summed E-state index contributed by atoms with van der Waals surface area (Å²) in [6, 6.07) is 11.2. The second-order valence-electron chi connectivity index (χ2n) is 4.88. The number of halogens is 2. The molecule has 0 radical (unpaired) electrons. The van der Waals surface area contributed by atoms with Crippen LogP contribution in [0.1, 0.15) is 24.4 Å². The van der Waals surface area contributed by atoms with Crippen LogP contribution in [-0.2, 0) is 0 Å². The molecule has 1 saturated carbocycles. The Morgan fingerprint density at radius 2 is 1.89 bits per heavy atom. The van der Waals surface area contributed by atoms with Gasteiger partial charge < -0.3 is 5.32 Å². The van der Waals surface area contributed by atoms with E-state index < -0.39 is 5.95 Å². The van der Waals surface area contributed by atoms with E-state index in [1.807, 2.05) is 24.3 Å². The molecule has 0 saturated heterocycles. The molecule has 2 aromatic rings. The summed E-state index contributed by atoms with van der Waals surface area (Å²) in [6.07, 6.45) is 3.96. The van der Waals surface area contributed by atoms with Crippen LogP contribution < -0.4 is 5.32 Å². The van der Waals surface area contributed by atoms with E-state index in [-0.39, 0.29) is 6.04 Å². The van der Waals surface area contributed by atoms with Crippen molar-refractivity contribution >= 4 is 17.3 Å². The number of nitrogens with one attached hydrogen (secondary N) is 1. The number of pyridine rings is 1. The van der Waals surface area contributed by atoms with Gasteiger partial charge in [-0.05, 0) is 48.6 Å². The van der Waals surface area contributed by atoms with Crippen LogP contribution in [0.25, 0.3) is 0 Å². The van der Waals surface area contributed by atoms with E-state index in [1.165, 1.54) is 30.7 Å². The second kappa shape index (κ2) is 5.17. The van der Waals surface area contributed by atoms with Crippen molar-refractivity contribution in [2.45, 2.75) is 18.9 Å². The minimum Gasteiger partial charge on any atom is -0.377 e. The van der Waals surface area contributed by atoms with E-state index in [1.54, 1.807) is 6.07 Å². The largest absolute Gasteiger partial charge is 0.377 e. The van der Waals surface area contributed by atoms with Crippen molar-refractivity contribution in [3.63, 3.8) is 0 Å². The molecule has 1 aromatic carbocycles. The first-order valence-corrected chi connectivity index (χ1v) is 6.74. The van der Waals surface area contributed by atoms with Crippen molar-refractivity contribution in [3.05, 3.63) is 59.1 Å². The van der Waals surface area contributed by atoms with E-state index >= 15 is 0 Å². The summed E-state index contributed by atoms with van der Waals surface area (Å²) in [5.74, 6) is 0.172. The summed E-state index contributed by atoms with van der Waals surface area (Å²) in [5.41, 5.74) is 2.05. The van der Waals surface area contributed by atoms with Crippen molar-refractivity contribution in [2.24, 2.45) is 5.92 Å². The molecule has 0 bridgehead atoms. The molecule has 4 heteroatoms. The third-order valence-electron chi connectivity index (χ3n) is 3.37. The van der Waals surface area contributed by atoms with Crippen LogP contribution in [-0.4, -0.2) is 4.98 Å². The molecule has 98 valence electrons. The molecule has 1 heterocycles. The van der Waals surface area contributed by atoms with Gasteiger partial charge in [0.2, 0.25) is 5.95 Å². The average Bonchev–Trinajstić information content (AvgIpc) is 3.24. The number of benzene rings is 1. The Kier molecular flexibility index (Phi) is 3.38. The van der Waals surface area contributed by atoms with Crippen LogP contribution in [0.5, 0.6) is 0 Å². The van der Waals surface area contributed by atoms with Crippen LogP contribution in [0, 0.1) is 11.9 Å². The first-order valence-electron chi connectivity index (χ1n) is 6.36. The van der Waals surface area contributed by atoms with Gasteiger partial charge in [0.15, 0.2) is 0 Å². The highest BCUT2D eigenvalue weighted by Crippen LogP contribution is 2.42. The Labute approximate surface area is 116 Å². The summed E-state index contributed by atoms with van der Waals surface area (Å²) < 4.78 is 12.8. The zero-order valence-corrected chi connectivity index (χ0v) is 11.1. The molecule has 2 nitrogen and oxygen atoms in total. The molecule has 19 heavy (non-hydrogen) atoms. The lowest BCUT2D eigenvalue weighted by Crippen LogP contribution is -2.13. The Morgan fingerprint density at radius 3 is 2.47 bits per heavy atom. The summed E-state index contributed by atoms with van der Waals surface area (Å²) in [6.45, 7) is 0. The SMILES string of the molecule is Fc1ccc(NC(c2ccc(Cl)cc2)C2CC2)cn1. The van der Waals surface area contributed by atoms with Gasteiger partial charge in [-0.25, -0.2) is 4.98 Å². The zero-order valence-electron chi connectivity index (χ0n) is 10.3. The molecule has 1 aliphatic rings. The first-order chi connectivity index (χ1) is 9.22. The molecule has 1 aliphatic carbocycles. The Morgan fingerprint density at radius 1 is 1.16 bits per heavy atom. The molecular formula is C15H14ClFN2. The Balaban J connectivity index is 1.81. The summed E-state index contributed by atoms with van der Waals surface area (Å²) >= 11 is 5.92. The maximum atomic E-state index is 12.8. The van der Waals surface area contributed by atoms with Gasteiger partial charge >= 0.3 is 0 Å². The summed E-state index contributed by atoms with van der Waals surface area (Å²) in [4.78, 5) is 3.67. The van der Waals surface area contributed by atoms with Gasteiger partial charge in [-0.15, -0.1) is 0 Å². The maximum Gasteiger partial charge on any atom is 0.212 e. The zero-order chi connectivity index (χ0) is 13.2. The Bertz CT molecular complexity index is 549. The van der Waals surface area contributed by atoms with Gasteiger partial charge in [0.05, 0.1) is 17.9 Å². The molecule has 1 aromatic heterocycles. The Hall–Kier alpha value is -1.61. The first kappa shape index (κ1) is 12.4. The van der Waals surface area contributed by atoms with E-state index in [0.717, 1.165) is 10.7 Å². The van der Waals surface area contributed by atoms with Crippen molar-refractivity contribution in [1.82, 2.24) is 4.98 Å². The molecule has 0 spiro atoms. The van der Waals surface area contributed by atoms with Gasteiger partial charge in [-0.2, -0.15) is 4.39 Å². The third-order valence-corrected chi connectivity index (χ3v) is 3.62. The van der Waals surface area contributed by atoms with Gasteiger partial charge in [-0.1, -0.05) is 23.7 Å².